The molecule has 0 saturated heterocycles. The van der Waals surface area contributed by atoms with E-state index in [1.165, 1.54) is 6.33 Å². The number of fused-ring (bicyclic) bond motifs is 1. The van der Waals surface area contributed by atoms with Crippen LogP contribution in [0.15, 0.2) is 42.9 Å². The van der Waals surface area contributed by atoms with E-state index >= 15 is 0 Å². The quantitative estimate of drug-likeness (QED) is 0.780. The number of para-hydroxylation sites is 1. The summed E-state index contributed by atoms with van der Waals surface area (Å²) in [6.45, 7) is 2.60. The highest BCUT2D eigenvalue weighted by Gasteiger charge is 2.18. The molecule has 0 aliphatic heterocycles. The van der Waals surface area contributed by atoms with Crippen molar-refractivity contribution < 1.29 is 4.79 Å². The molecule has 1 aromatic carbocycles. The van der Waals surface area contributed by atoms with E-state index in [9.17, 15) is 4.79 Å². The van der Waals surface area contributed by atoms with E-state index in [-0.39, 0.29) is 11.9 Å². The lowest BCUT2D eigenvalue weighted by Gasteiger charge is -2.24. The standard InChI is InChI=1S/C16H17N5OS/c1-11(21(2)15(22)13-7-8-17-10-19-13)9-18-16-20-12-5-3-4-6-14(12)23-16/h3-8,10-11H,9H2,1-2H3,(H,18,20). The molecule has 23 heavy (non-hydrogen) atoms. The van der Waals surface area contributed by atoms with E-state index in [1.54, 1.807) is 35.5 Å². The van der Waals surface area contributed by atoms with Crippen molar-refractivity contribution in [1.82, 2.24) is 19.9 Å². The summed E-state index contributed by atoms with van der Waals surface area (Å²) in [5, 5.41) is 4.16. The van der Waals surface area contributed by atoms with Gasteiger partial charge in [-0.25, -0.2) is 15.0 Å². The topological polar surface area (TPSA) is 71.0 Å². The average molecular weight is 327 g/mol. The molecule has 0 fully saturated rings. The first-order valence-electron chi connectivity index (χ1n) is 7.28. The average Bonchev–Trinajstić information content (AvgIpc) is 3.02. The highest BCUT2D eigenvalue weighted by atomic mass is 32.1. The molecule has 1 unspecified atom stereocenters. The van der Waals surface area contributed by atoms with E-state index in [2.05, 4.69) is 20.3 Å². The SMILES string of the molecule is CC(CNc1nc2ccccc2s1)N(C)C(=O)c1ccncn1. The molecule has 7 heteroatoms. The van der Waals surface area contributed by atoms with Gasteiger partial charge < -0.3 is 10.2 Å². The van der Waals surface area contributed by atoms with E-state index in [0.29, 0.717) is 12.2 Å². The van der Waals surface area contributed by atoms with Crippen LogP contribution in [0.1, 0.15) is 17.4 Å². The van der Waals surface area contributed by atoms with Crippen LogP contribution in [-0.4, -0.2) is 45.4 Å². The van der Waals surface area contributed by atoms with Crippen molar-refractivity contribution >= 4 is 32.6 Å². The van der Waals surface area contributed by atoms with Crippen molar-refractivity contribution in [3.8, 4) is 0 Å². The van der Waals surface area contributed by atoms with Gasteiger partial charge >= 0.3 is 0 Å². The molecule has 1 atom stereocenters. The van der Waals surface area contributed by atoms with Crippen LogP contribution in [0, 0.1) is 0 Å². The Kier molecular flexibility index (Phi) is 4.47. The van der Waals surface area contributed by atoms with Crippen LogP contribution in [-0.2, 0) is 0 Å². The Bertz CT molecular complexity index is 771. The molecular weight excluding hydrogens is 310 g/mol. The fourth-order valence-corrected chi connectivity index (χ4v) is 2.99. The molecule has 0 spiro atoms. The molecule has 0 saturated carbocycles. The van der Waals surface area contributed by atoms with E-state index in [4.69, 9.17) is 0 Å². The van der Waals surface area contributed by atoms with Gasteiger partial charge in [0.1, 0.15) is 12.0 Å². The van der Waals surface area contributed by atoms with Crippen LogP contribution in [0.3, 0.4) is 0 Å². The summed E-state index contributed by atoms with van der Waals surface area (Å²) in [6, 6.07) is 9.64. The number of carbonyl (C=O) groups excluding carboxylic acids is 1. The molecule has 0 bridgehead atoms. The third-order valence-electron chi connectivity index (χ3n) is 3.63. The van der Waals surface area contributed by atoms with E-state index in [0.717, 1.165) is 15.3 Å². The van der Waals surface area contributed by atoms with E-state index in [1.807, 2.05) is 31.2 Å². The van der Waals surface area contributed by atoms with Crippen molar-refractivity contribution in [1.29, 1.82) is 0 Å². The predicted molar refractivity (Wildman–Crippen MR) is 91.7 cm³/mol. The summed E-state index contributed by atoms with van der Waals surface area (Å²) >= 11 is 1.61. The van der Waals surface area contributed by atoms with E-state index < -0.39 is 0 Å². The Hall–Kier alpha value is -2.54. The summed E-state index contributed by atoms with van der Waals surface area (Å²) in [6.07, 6.45) is 2.95. The van der Waals surface area contributed by atoms with Crippen molar-refractivity contribution in [2.75, 3.05) is 18.9 Å². The van der Waals surface area contributed by atoms with Gasteiger partial charge in [0.05, 0.1) is 10.2 Å². The fourth-order valence-electron chi connectivity index (χ4n) is 2.12. The van der Waals surface area contributed by atoms with Gasteiger partial charge in [0.2, 0.25) is 0 Å². The molecule has 1 N–H and O–H groups in total. The van der Waals surface area contributed by atoms with Gasteiger partial charge in [-0.3, -0.25) is 4.79 Å². The molecule has 1 amide bonds. The number of carbonyl (C=O) groups is 1. The molecule has 3 rings (SSSR count). The molecule has 0 aliphatic rings. The number of nitrogens with zero attached hydrogens (tertiary/aromatic N) is 4. The number of thiazole rings is 1. The summed E-state index contributed by atoms with van der Waals surface area (Å²) in [7, 11) is 1.77. The largest absolute Gasteiger partial charge is 0.359 e. The molecule has 6 nitrogen and oxygen atoms in total. The highest BCUT2D eigenvalue weighted by Crippen LogP contribution is 2.25. The van der Waals surface area contributed by atoms with Crippen molar-refractivity contribution in [2.45, 2.75) is 13.0 Å². The molecule has 2 heterocycles. The Morgan fingerprint density at radius 1 is 1.35 bits per heavy atom. The van der Waals surface area contributed by atoms with Gasteiger partial charge in [-0.2, -0.15) is 0 Å². The van der Waals surface area contributed by atoms with Crippen LogP contribution >= 0.6 is 11.3 Å². The fraction of sp³-hybridized carbons (Fsp3) is 0.250. The summed E-state index contributed by atoms with van der Waals surface area (Å²) in [5.74, 6) is -0.119. The van der Waals surface area contributed by atoms with Gasteiger partial charge in [0, 0.05) is 25.8 Å². The van der Waals surface area contributed by atoms with Gasteiger partial charge in [-0.05, 0) is 25.1 Å². The second-order valence-electron chi connectivity index (χ2n) is 5.23. The van der Waals surface area contributed by atoms with Gasteiger partial charge in [-0.1, -0.05) is 23.5 Å². The van der Waals surface area contributed by atoms with Crippen molar-refractivity contribution in [3.63, 3.8) is 0 Å². The maximum atomic E-state index is 12.3. The predicted octanol–water partition coefficient (Wildman–Crippen LogP) is 2.66. The zero-order valence-corrected chi connectivity index (χ0v) is 13.7. The maximum Gasteiger partial charge on any atom is 0.272 e. The molecule has 3 aromatic rings. The number of hydrogen-bond acceptors (Lipinski definition) is 6. The van der Waals surface area contributed by atoms with Gasteiger partial charge in [-0.15, -0.1) is 0 Å². The van der Waals surface area contributed by atoms with Crippen LogP contribution in [0.5, 0.6) is 0 Å². The number of aromatic nitrogens is 3. The van der Waals surface area contributed by atoms with Crippen molar-refractivity contribution in [3.05, 3.63) is 48.5 Å². The number of nitrogens with one attached hydrogen (secondary N) is 1. The second kappa shape index (κ2) is 6.70. The Labute approximate surface area is 138 Å². The monoisotopic (exact) mass is 327 g/mol. The summed E-state index contributed by atoms with van der Waals surface area (Å²) in [5.41, 5.74) is 1.38. The number of likely N-dealkylation sites (N-methyl/N-ethyl adjacent to an activating group) is 1. The lowest BCUT2D eigenvalue weighted by molar-refractivity contribution is 0.0745. The number of benzene rings is 1. The van der Waals surface area contributed by atoms with Gasteiger partial charge in [0.15, 0.2) is 5.13 Å². The Morgan fingerprint density at radius 2 is 2.17 bits per heavy atom. The van der Waals surface area contributed by atoms with Crippen LogP contribution in [0.2, 0.25) is 0 Å². The zero-order valence-electron chi connectivity index (χ0n) is 12.9. The molecule has 118 valence electrons. The minimum atomic E-state index is -0.119. The molecular formula is C16H17N5OS. The normalized spacial score (nSPS) is 12.1. The lowest BCUT2D eigenvalue weighted by atomic mass is 10.2. The third kappa shape index (κ3) is 3.45. The van der Waals surface area contributed by atoms with Crippen LogP contribution in [0.4, 0.5) is 5.13 Å². The molecule has 0 aliphatic carbocycles. The first-order valence-corrected chi connectivity index (χ1v) is 8.09. The summed E-state index contributed by atoms with van der Waals surface area (Å²) < 4.78 is 1.15. The Morgan fingerprint density at radius 3 is 2.91 bits per heavy atom. The lowest BCUT2D eigenvalue weighted by Crippen LogP contribution is -2.39. The molecule has 2 aromatic heterocycles. The summed E-state index contributed by atoms with van der Waals surface area (Å²) in [4.78, 5) is 26.4. The minimum Gasteiger partial charge on any atom is -0.359 e. The number of anilines is 1. The third-order valence-corrected chi connectivity index (χ3v) is 4.62. The first-order chi connectivity index (χ1) is 11.1. The molecule has 0 radical (unpaired) electrons. The second-order valence-corrected chi connectivity index (χ2v) is 6.26. The smallest absolute Gasteiger partial charge is 0.272 e. The van der Waals surface area contributed by atoms with Crippen LogP contribution in [0.25, 0.3) is 10.2 Å². The highest BCUT2D eigenvalue weighted by molar-refractivity contribution is 7.22. The minimum absolute atomic E-state index is 0.00415. The maximum absolute atomic E-state index is 12.3. The van der Waals surface area contributed by atoms with Crippen molar-refractivity contribution in [2.24, 2.45) is 0 Å². The Balaban J connectivity index is 1.62. The van der Waals surface area contributed by atoms with Crippen LogP contribution < -0.4 is 5.32 Å². The van der Waals surface area contributed by atoms with Gasteiger partial charge in [0.25, 0.3) is 5.91 Å². The number of hydrogen-bond donors (Lipinski definition) is 1. The first kappa shape index (κ1) is 15.4. The number of amides is 1. The number of rotatable bonds is 5. The zero-order chi connectivity index (χ0) is 16.2.